The minimum atomic E-state index is -1.53. The average Bonchev–Trinajstić information content (AvgIpc) is 2.55. The van der Waals surface area contributed by atoms with E-state index < -0.39 is 12.3 Å². The summed E-state index contributed by atoms with van der Waals surface area (Å²) in [4.78, 5) is 0. The molecule has 3 heteroatoms. The summed E-state index contributed by atoms with van der Waals surface area (Å²) in [6, 6.07) is 9.03. The summed E-state index contributed by atoms with van der Waals surface area (Å²) >= 11 is 0. The summed E-state index contributed by atoms with van der Waals surface area (Å²) in [5.41, 5.74) is 0. The van der Waals surface area contributed by atoms with Crippen LogP contribution in [0.5, 0.6) is 5.75 Å². The molecule has 0 aromatic heterocycles. The quantitative estimate of drug-likeness (QED) is 0.595. The topological polar surface area (TPSA) is 9.23 Å². The van der Waals surface area contributed by atoms with E-state index in [-0.39, 0.29) is 6.61 Å². The Kier molecular flexibility index (Phi) is 7.14. The third kappa shape index (κ3) is 5.58. The van der Waals surface area contributed by atoms with E-state index in [9.17, 15) is 8.78 Å². The first kappa shape index (κ1) is 17.2. The predicted molar refractivity (Wildman–Crippen MR) is 86.7 cm³/mol. The molecule has 1 aliphatic carbocycles. The van der Waals surface area contributed by atoms with Crippen molar-refractivity contribution in [2.45, 2.75) is 64.2 Å². The van der Waals surface area contributed by atoms with E-state index in [1.54, 1.807) is 12.1 Å². The van der Waals surface area contributed by atoms with Crippen molar-refractivity contribution in [3.8, 4) is 5.75 Å². The lowest BCUT2D eigenvalue weighted by Gasteiger charge is -2.29. The van der Waals surface area contributed by atoms with Gasteiger partial charge in [-0.3, -0.25) is 0 Å². The fourth-order valence-corrected chi connectivity index (χ4v) is 3.43. The third-order valence-corrected chi connectivity index (χ3v) is 4.77. The Hall–Kier alpha value is -1.12. The molecule has 1 aliphatic rings. The average molecular weight is 310 g/mol. The molecule has 0 saturated heterocycles. The lowest BCUT2D eigenvalue weighted by Crippen LogP contribution is -2.28. The van der Waals surface area contributed by atoms with Gasteiger partial charge >= 0.3 is 0 Å². The van der Waals surface area contributed by atoms with Crippen molar-refractivity contribution >= 4 is 0 Å². The molecule has 0 bridgehead atoms. The van der Waals surface area contributed by atoms with Gasteiger partial charge in [-0.15, -0.1) is 0 Å². The highest BCUT2D eigenvalue weighted by Crippen LogP contribution is 2.34. The number of benzene rings is 1. The molecular weight excluding hydrogens is 282 g/mol. The minimum absolute atomic E-state index is 0.198. The maximum atomic E-state index is 14.1. The SMILES string of the molecule is CCCC1CCC(CC(F)C(F)COc2ccccc2)CC1. The van der Waals surface area contributed by atoms with E-state index in [2.05, 4.69) is 6.92 Å². The number of hydrogen-bond donors (Lipinski definition) is 0. The Balaban J connectivity index is 1.67. The number of alkyl halides is 2. The van der Waals surface area contributed by atoms with Crippen LogP contribution in [0.25, 0.3) is 0 Å². The first-order valence-corrected chi connectivity index (χ1v) is 8.65. The van der Waals surface area contributed by atoms with Crippen LogP contribution in [0, 0.1) is 11.8 Å². The van der Waals surface area contributed by atoms with Crippen molar-refractivity contribution in [3.05, 3.63) is 30.3 Å². The highest BCUT2D eigenvalue weighted by Gasteiger charge is 2.28. The van der Waals surface area contributed by atoms with Crippen molar-refractivity contribution in [3.63, 3.8) is 0 Å². The number of para-hydroxylation sites is 1. The molecule has 1 saturated carbocycles. The standard InChI is InChI=1S/C19H28F2O/c1-2-6-15-9-11-16(12-10-15)13-18(20)19(21)14-22-17-7-4-3-5-8-17/h3-5,7-8,15-16,18-19H,2,6,9-14H2,1H3. The minimum Gasteiger partial charge on any atom is -0.490 e. The van der Waals surface area contributed by atoms with Gasteiger partial charge in [0, 0.05) is 0 Å². The fraction of sp³-hybridized carbons (Fsp3) is 0.684. The summed E-state index contributed by atoms with van der Waals surface area (Å²) in [5.74, 6) is 1.75. The summed E-state index contributed by atoms with van der Waals surface area (Å²) in [5, 5.41) is 0. The molecule has 0 N–H and O–H groups in total. The van der Waals surface area contributed by atoms with E-state index >= 15 is 0 Å². The van der Waals surface area contributed by atoms with Gasteiger partial charge < -0.3 is 4.74 Å². The van der Waals surface area contributed by atoms with Gasteiger partial charge in [0.1, 0.15) is 18.5 Å². The normalized spacial score (nSPS) is 24.7. The van der Waals surface area contributed by atoms with Gasteiger partial charge in [-0.05, 0) is 30.4 Å². The van der Waals surface area contributed by atoms with E-state index in [1.165, 1.54) is 25.7 Å². The maximum Gasteiger partial charge on any atom is 0.165 e. The number of rotatable bonds is 8. The van der Waals surface area contributed by atoms with Crippen LogP contribution in [-0.2, 0) is 0 Å². The van der Waals surface area contributed by atoms with Crippen molar-refractivity contribution in [2.75, 3.05) is 6.61 Å². The smallest absolute Gasteiger partial charge is 0.165 e. The van der Waals surface area contributed by atoms with Crippen LogP contribution < -0.4 is 4.74 Å². The molecule has 2 rings (SSSR count). The highest BCUT2D eigenvalue weighted by molar-refractivity contribution is 5.20. The fourth-order valence-electron chi connectivity index (χ4n) is 3.43. The molecule has 1 aromatic carbocycles. The number of hydrogen-bond acceptors (Lipinski definition) is 1. The van der Waals surface area contributed by atoms with Crippen LogP contribution in [0.2, 0.25) is 0 Å². The Morgan fingerprint density at radius 1 is 1.00 bits per heavy atom. The second-order valence-corrected chi connectivity index (χ2v) is 6.57. The van der Waals surface area contributed by atoms with Crippen molar-refractivity contribution in [2.24, 2.45) is 11.8 Å². The lowest BCUT2D eigenvalue weighted by atomic mass is 9.78. The van der Waals surface area contributed by atoms with Gasteiger partial charge in [0.05, 0.1) is 0 Å². The molecule has 124 valence electrons. The van der Waals surface area contributed by atoms with Crippen LogP contribution in [0.1, 0.15) is 51.9 Å². The van der Waals surface area contributed by atoms with Gasteiger partial charge in [-0.25, -0.2) is 8.78 Å². The number of ether oxygens (including phenoxy) is 1. The number of halogens is 2. The summed E-state index contributed by atoms with van der Waals surface area (Å²) in [6.45, 7) is 2.01. The van der Waals surface area contributed by atoms with E-state index in [1.807, 2.05) is 18.2 Å². The van der Waals surface area contributed by atoms with Gasteiger partial charge in [-0.1, -0.05) is 63.6 Å². The molecule has 1 nitrogen and oxygen atoms in total. The maximum absolute atomic E-state index is 14.1. The van der Waals surface area contributed by atoms with E-state index in [0.29, 0.717) is 18.1 Å². The molecular formula is C19H28F2O. The van der Waals surface area contributed by atoms with Gasteiger partial charge in [0.25, 0.3) is 0 Å². The first-order chi connectivity index (χ1) is 10.7. The molecule has 22 heavy (non-hydrogen) atoms. The van der Waals surface area contributed by atoms with Crippen LogP contribution >= 0.6 is 0 Å². The zero-order valence-electron chi connectivity index (χ0n) is 13.5. The van der Waals surface area contributed by atoms with Gasteiger partial charge in [-0.2, -0.15) is 0 Å². The molecule has 0 radical (unpaired) electrons. The van der Waals surface area contributed by atoms with Crippen LogP contribution in [-0.4, -0.2) is 19.0 Å². The van der Waals surface area contributed by atoms with Gasteiger partial charge in [0.15, 0.2) is 6.17 Å². The molecule has 1 fully saturated rings. The first-order valence-electron chi connectivity index (χ1n) is 8.65. The molecule has 0 amide bonds. The predicted octanol–water partition coefficient (Wildman–Crippen LogP) is 5.74. The molecule has 1 aromatic rings. The monoisotopic (exact) mass is 310 g/mol. The summed E-state index contributed by atoms with van der Waals surface area (Å²) in [6.07, 6.45) is 4.38. The third-order valence-electron chi connectivity index (χ3n) is 4.77. The van der Waals surface area contributed by atoms with Crippen molar-refractivity contribution in [1.29, 1.82) is 0 Å². The zero-order valence-corrected chi connectivity index (χ0v) is 13.5. The molecule has 0 spiro atoms. The van der Waals surface area contributed by atoms with E-state index in [0.717, 1.165) is 18.8 Å². The van der Waals surface area contributed by atoms with Crippen molar-refractivity contribution in [1.82, 2.24) is 0 Å². The van der Waals surface area contributed by atoms with Crippen molar-refractivity contribution < 1.29 is 13.5 Å². The largest absolute Gasteiger partial charge is 0.490 e. The van der Waals surface area contributed by atoms with Gasteiger partial charge in [0.2, 0.25) is 0 Å². The molecule has 0 aliphatic heterocycles. The molecule has 2 unspecified atom stereocenters. The zero-order chi connectivity index (χ0) is 15.8. The Labute approximate surface area is 133 Å². The van der Waals surface area contributed by atoms with Crippen LogP contribution in [0.3, 0.4) is 0 Å². The Morgan fingerprint density at radius 3 is 2.27 bits per heavy atom. The summed E-state index contributed by atoms with van der Waals surface area (Å²) < 4.78 is 33.3. The van der Waals surface area contributed by atoms with Crippen LogP contribution in [0.15, 0.2) is 30.3 Å². The Morgan fingerprint density at radius 2 is 1.64 bits per heavy atom. The second kappa shape index (κ2) is 9.12. The molecule has 0 heterocycles. The highest BCUT2D eigenvalue weighted by atomic mass is 19.2. The lowest BCUT2D eigenvalue weighted by molar-refractivity contribution is 0.0830. The van der Waals surface area contributed by atoms with E-state index in [4.69, 9.17) is 4.74 Å². The van der Waals surface area contributed by atoms with Crippen LogP contribution in [0.4, 0.5) is 8.78 Å². The Bertz CT molecular complexity index is 401. The molecule has 2 atom stereocenters. The summed E-state index contributed by atoms with van der Waals surface area (Å²) in [7, 11) is 0. The second-order valence-electron chi connectivity index (χ2n) is 6.57.